The third kappa shape index (κ3) is 3.52. The summed E-state index contributed by atoms with van der Waals surface area (Å²) in [5, 5.41) is 1.09. The van der Waals surface area contributed by atoms with Crippen molar-refractivity contribution >= 4 is 10.9 Å². The second-order valence-electron chi connectivity index (χ2n) is 2.07. The predicted octanol–water partition coefficient (Wildman–Crippen LogP) is 3.68. The number of pyridine rings is 2. The Morgan fingerprint density at radius 2 is 1.64 bits per heavy atom. The average Bonchev–Trinajstić information content (AvgIpc) is 2.34. The van der Waals surface area contributed by atoms with Gasteiger partial charge in [0, 0.05) is 24.0 Å². The molecule has 2 heteroatoms. The van der Waals surface area contributed by atoms with Crippen LogP contribution in [0.15, 0.2) is 36.8 Å². The SMILES string of the molecule is CC.CC.c1cnc2ccncc2c1. The standard InChI is InChI=1S/C8H6N2.2C2H6/c1-2-7-6-9-5-3-8(7)10-4-1;2*1-2/h1-6H;2*1-2H3. The zero-order chi connectivity index (χ0) is 10.8. The molecule has 14 heavy (non-hydrogen) atoms. The van der Waals surface area contributed by atoms with Crippen molar-refractivity contribution in [2.24, 2.45) is 0 Å². The van der Waals surface area contributed by atoms with Crippen molar-refractivity contribution in [3.63, 3.8) is 0 Å². The predicted molar refractivity (Wildman–Crippen MR) is 62.2 cm³/mol. The van der Waals surface area contributed by atoms with E-state index in [1.165, 1.54) is 0 Å². The molecule has 0 atom stereocenters. The van der Waals surface area contributed by atoms with Crippen LogP contribution < -0.4 is 0 Å². The second-order valence-corrected chi connectivity index (χ2v) is 2.07. The highest BCUT2D eigenvalue weighted by molar-refractivity contribution is 5.76. The molecule has 0 N–H and O–H groups in total. The van der Waals surface area contributed by atoms with E-state index in [4.69, 9.17) is 0 Å². The largest absolute Gasteiger partial charge is 0.264 e. The molecule has 2 aromatic heterocycles. The smallest absolute Gasteiger partial charge is 0.0732 e. The topological polar surface area (TPSA) is 25.8 Å². The molecular weight excluding hydrogens is 172 g/mol. The van der Waals surface area contributed by atoms with E-state index in [2.05, 4.69) is 9.97 Å². The van der Waals surface area contributed by atoms with Crippen LogP contribution in [0.2, 0.25) is 0 Å². The quantitative estimate of drug-likeness (QED) is 0.633. The second kappa shape index (κ2) is 8.17. The molecule has 2 aromatic rings. The molecule has 0 spiro atoms. The maximum atomic E-state index is 4.14. The molecule has 2 rings (SSSR count). The first kappa shape index (κ1) is 12.6. The molecule has 0 unspecified atom stereocenters. The minimum absolute atomic E-state index is 0.998. The van der Waals surface area contributed by atoms with Crippen molar-refractivity contribution in [3.05, 3.63) is 36.8 Å². The monoisotopic (exact) mass is 190 g/mol. The molecule has 0 aromatic carbocycles. The summed E-state index contributed by atoms with van der Waals surface area (Å²) >= 11 is 0. The molecule has 2 nitrogen and oxygen atoms in total. The molecule has 0 bridgehead atoms. The summed E-state index contributed by atoms with van der Waals surface area (Å²) in [4.78, 5) is 8.11. The summed E-state index contributed by atoms with van der Waals surface area (Å²) in [6, 6.07) is 5.80. The summed E-state index contributed by atoms with van der Waals surface area (Å²) in [5.41, 5.74) is 0.998. The van der Waals surface area contributed by atoms with E-state index in [1.54, 1.807) is 12.4 Å². The van der Waals surface area contributed by atoms with Crippen LogP contribution >= 0.6 is 0 Å². The number of aromatic nitrogens is 2. The highest BCUT2D eigenvalue weighted by atomic mass is 14.7. The van der Waals surface area contributed by atoms with E-state index in [9.17, 15) is 0 Å². The van der Waals surface area contributed by atoms with Crippen molar-refractivity contribution in [2.75, 3.05) is 0 Å². The third-order valence-corrected chi connectivity index (χ3v) is 1.40. The lowest BCUT2D eigenvalue weighted by Crippen LogP contribution is -1.76. The van der Waals surface area contributed by atoms with E-state index in [-0.39, 0.29) is 0 Å². The molecule has 2 heterocycles. The Hall–Kier alpha value is -1.44. The average molecular weight is 190 g/mol. The van der Waals surface area contributed by atoms with Crippen molar-refractivity contribution in [3.8, 4) is 0 Å². The first-order valence-electron chi connectivity index (χ1n) is 5.11. The lowest BCUT2D eigenvalue weighted by Gasteiger charge is -1.90. The number of nitrogens with zero attached hydrogens (tertiary/aromatic N) is 2. The van der Waals surface area contributed by atoms with Gasteiger partial charge in [0.25, 0.3) is 0 Å². The van der Waals surface area contributed by atoms with Crippen LogP contribution in [0.3, 0.4) is 0 Å². The highest BCUT2D eigenvalue weighted by Crippen LogP contribution is 2.05. The van der Waals surface area contributed by atoms with Gasteiger partial charge in [0.1, 0.15) is 0 Å². The fourth-order valence-electron chi connectivity index (χ4n) is 0.915. The van der Waals surface area contributed by atoms with Gasteiger partial charge < -0.3 is 0 Å². The Labute approximate surface area is 86.0 Å². The van der Waals surface area contributed by atoms with Crippen molar-refractivity contribution in [2.45, 2.75) is 27.7 Å². The van der Waals surface area contributed by atoms with Gasteiger partial charge in [-0.1, -0.05) is 27.7 Å². The summed E-state index contributed by atoms with van der Waals surface area (Å²) in [7, 11) is 0. The minimum Gasteiger partial charge on any atom is -0.264 e. The van der Waals surface area contributed by atoms with Crippen LogP contribution in [0.1, 0.15) is 27.7 Å². The van der Waals surface area contributed by atoms with Crippen molar-refractivity contribution in [1.82, 2.24) is 9.97 Å². The van der Waals surface area contributed by atoms with Gasteiger partial charge in [-0.25, -0.2) is 0 Å². The van der Waals surface area contributed by atoms with Gasteiger partial charge in [-0.15, -0.1) is 0 Å². The molecule has 0 aliphatic heterocycles. The van der Waals surface area contributed by atoms with Crippen molar-refractivity contribution in [1.29, 1.82) is 0 Å². The third-order valence-electron chi connectivity index (χ3n) is 1.40. The van der Waals surface area contributed by atoms with Crippen molar-refractivity contribution < 1.29 is 0 Å². The van der Waals surface area contributed by atoms with Gasteiger partial charge in [-0.3, -0.25) is 9.97 Å². The molecule has 0 radical (unpaired) electrons. The van der Waals surface area contributed by atoms with Crippen LogP contribution in [-0.2, 0) is 0 Å². The molecule has 0 fully saturated rings. The Kier molecular flexibility index (Phi) is 7.33. The zero-order valence-corrected chi connectivity index (χ0v) is 9.36. The van der Waals surface area contributed by atoms with E-state index in [0.717, 1.165) is 10.9 Å². The molecule has 0 saturated carbocycles. The Bertz CT molecular complexity index is 279. The van der Waals surface area contributed by atoms with E-state index >= 15 is 0 Å². The summed E-state index contributed by atoms with van der Waals surface area (Å²) in [6.07, 6.45) is 5.33. The number of hydrogen-bond donors (Lipinski definition) is 0. The first-order chi connectivity index (χ1) is 6.97. The number of hydrogen-bond acceptors (Lipinski definition) is 2. The van der Waals surface area contributed by atoms with Gasteiger partial charge in [-0.05, 0) is 18.2 Å². The summed E-state index contributed by atoms with van der Waals surface area (Å²) in [5.74, 6) is 0. The van der Waals surface area contributed by atoms with Crippen LogP contribution in [-0.4, -0.2) is 9.97 Å². The number of rotatable bonds is 0. The van der Waals surface area contributed by atoms with Gasteiger partial charge in [0.05, 0.1) is 5.52 Å². The molecule has 0 saturated heterocycles. The van der Waals surface area contributed by atoms with Crippen LogP contribution in [0.25, 0.3) is 10.9 Å². The normalized spacial score (nSPS) is 8.00. The fraction of sp³-hybridized carbons (Fsp3) is 0.333. The maximum absolute atomic E-state index is 4.14. The van der Waals surface area contributed by atoms with Gasteiger partial charge in [0.15, 0.2) is 0 Å². The van der Waals surface area contributed by atoms with Crippen LogP contribution in [0, 0.1) is 0 Å². The van der Waals surface area contributed by atoms with E-state index in [0.29, 0.717) is 0 Å². The minimum atomic E-state index is 0.998. The Morgan fingerprint density at radius 1 is 0.929 bits per heavy atom. The Morgan fingerprint density at radius 3 is 2.29 bits per heavy atom. The maximum Gasteiger partial charge on any atom is 0.0732 e. The lowest BCUT2D eigenvalue weighted by atomic mass is 10.3. The molecule has 0 aliphatic carbocycles. The summed E-state index contributed by atoms with van der Waals surface area (Å²) < 4.78 is 0. The first-order valence-corrected chi connectivity index (χ1v) is 5.11. The van der Waals surface area contributed by atoms with E-state index in [1.807, 2.05) is 52.1 Å². The Balaban J connectivity index is 0.000000379. The molecular formula is C12H18N2. The number of fused-ring (bicyclic) bond motifs is 1. The fourth-order valence-corrected chi connectivity index (χ4v) is 0.915. The highest BCUT2D eigenvalue weighted by Gasteiger charge is 1.87. The molecule has 0 aliphatic rings. The molecule has 0 amide bonds. The van der Waals surface area contributed by atoms with Gasteiger partial charge in [0.2, 0.25) is 0 Å². The van der Waals surface area contributed by atoms with Gasteiger partial charge in [-0.2, -0.15) is 0 Å². The molecule has 76 valence electrons. The van der Waals surface area contributed by atoms with Crippen LogP contribution in [0.5, 0.6) is 0 Å². The lowest BCUT2D eigenvalue weighted by molar-refractivity contribution is 1.32. The zero-order valence-electron chi connectivity index (χ0n) is 9.36. The summed E-state index contributed by atoms with van der Waals surface area (Å²) in [6.45, 7) is 8.00. The van der Waals surface area contributed by atoms with Crippen LogP contribution in [0.4, 0.5) is 0 Å². The van der Waals surface area contributed by atoms with Gasteiger partial charge >= 0.3 is 0 Å². The van der Waals surface area contributed by atoms with E-state index < -0.39 is 0 Å².